The maximum Gasteiger partial charge on any atom is 0.227 e. The van der Waals surface area contributed by atoms with E-state index in [1.54, 1.807) is 0 Å². The number of rotatable bonds is 5. The maximum absolute atomic E-state index is 12.6. The number of fused-ring (bicyclic) bond motifs is 1. The van der Waals surface area contributed by atoms with Gasteiger partial charge in [0.05, 0.1) is 11.0 Å². The standard InChI is InChI=1S/C27H32N4O2/c32-26(18-8-3-1-4-9-18)28-21-13-7-12-20(16-21)25-30-23-15-14-22(17-24(23)31-25)29-27(33)19-10-5-2-6-11-19/h7,12-19H,1-6,8-11H2,(H,28,32)(H,29,33)(H,30,31). The molecule has 0 aliphatic heterocycles. The SMILES string of the molecule is O=C(Nc1cccc(-c2nc3ccc(NC(=O)C4CCCCC4)cc3[nH]2)c1)C1CCCCC1. The Balaban J connectivity index is 1.30. The van der Waals surface area contributed by atoms with Crippen LogP contribution in [0.3, 0.4) is 0 Å². The summed E-state index contributed by atoms with van der Waals surface area (Å²) < 4.78 is 0. The van der Waals surface area contributed by atoms with Crippen molar-refractivity contribution in [2.75, 3.05) is 10.6 Å². The molecular weight excluding hydrogens is 412 g/mol. The number of nitrogens with one attached hydrogen (secondary N) is 3. The highest BCUT2D eigenvalue weighted by Crippen LogP contribution is 2.29. The number of carbonyl (C=O) groups is 2. The third kappa shape index (κ3) is 5.10. The normalized spacial score (nSPS) is 17.7. The molecule has 33 heavy (non-hydrogen) atoms. The topological polar surface area (TPSA) is 86.9 Å². The van der Waals surface area contributed by atoms with E-state index in [-0.39, 0.29) is 23.7 Å². The first-order chi connectivity index (χ1) is 16.2. The molecule has 3 aromatic rings. The van der Waals surface area contributed by atoms with E-state index in [2.05, 4.69) is 15.6 Å². The summed E-state index contributed by atoms with van der Waals surface area (Å²) in [7, 11) is 0. The van der Waals surface area contributed by atoms with Gasteiger partial charge >= 0.3 is 0 Å². The monoisotopic (exact) mass is 444 g/mol. The number of carbonyl (C=O) groups excluding carboxylic acids is 2. The Hall–Kier alpha value is -3.15. The molecule has 6 nitrogen and oxygen atoms in total. The van der Waals surface area contributed by atoms with Crippen molar-refractivity contribution in [3.8, 4) is 11.4 Å². The first-order valence-electron chi connectivity index (χ1n) is 12.4. The minimum atomic E-state index is 0.120. The van der Waals surface area contributed by atoms with Crippen LogP contribution in [0, 0.1) is 11.8 Å². The van der Waals surface area contributed by atoms with Gasteiger partial charge in [-0.3, -0.25) is 9.59 Å². The maximum atomic E-state index is 12.6. The Labute approximate surface area is 194 Å². The Morgan fingerprint density at radius 3 is 2.00 bits per heavy atom. The van der Waals surface area contributed by atoms with Gasteiger partial charge in [-0.05, 0) is 56.0 Å². The highest BCUT2D eigenvalue weighted by Gasteiger charge is 2.22. The van der Waals surface area contributed by atoms with Crippen molar-refractivity contribution >= 4 is 34.2 Å². The predicted molar refractivity (Wildman–Crippen MR) is 132 cm³/mol. The van der Waals surface area contributed by atoms with Crippen molar-refractivity contribution < 1.29 is 9.59 Å². The summed E-state index contributed by atoms with van der Waals surface area (Å²) in [5.41, 5.74) is 4.23. The van der Waals surface area contributed by atoms with Crippen LogP contribution in [0.2, 0.25) is 0 Å². The molecule has 0 saturated heterocycles. The Bertz CT molecular complexity index is 1140. The number of benzene rings is 2. The number of amides is 2. The van der Waals surface area contributed by atoms with E-state index in [0.717, 1.165) is 85.2 Å². The van der Waals surface area contributed by atoms with Gasteiger partial charge in [0.2, 0.25) is 11.8 Å². The number of hydrogen-bond donors (Lipinski definition) is 3. The van der Waals surface area contributed by atoms with E-state index in [0.29, 0.717) is 0 Å². The Kier molecular flexibility index (Phi) is 6.42. The highest BCUT2D eigenvalue weighted by molar-refractivity contribution is 5.95. The van der Waals surface area contributed by atoms with E-state index in [1.807, 2.05) is 42.5 Å². The molecule has 2 aromatic carbocycles. The van der Waals surface area contributed by atoms with Crippen LogP contribution < -0.4 is 10.6 Å². The third-order valence-electron chi connectivity index (χ3n) is 7.10. The molecule has 2 fully saturated rings. The number of nitrogens with zero attached hydrogens (tertiary/aromatic N) is 1. The molecule has 0 spiro atoms. The van der Waals surface area contributed by atoms with Crippen molar-refractivity contribution in [2.24, 2.45) is 11.8 Å². The number of aromatic nitrogens is 2. The lowest BCUT2D eigenvalue weighted by atomic mass is 9.88. The van der Waals surface area contributed by atoms with E-state index in [1.165, 1.54) is 12.8 Å². The smallest absolute Gasteiger partial charge is 0.227 e. The molecule has 1 aromatic heterocycles. The van der Waals surface area contributed by atoms with Crippen LogP contribution in [-0.4, -0.2) is 21.8 Å². The van der Waals surface area contributed by atoms with Crippen LogP contribution in [0.4, 0.5) is 11.4 Å². The lowest BCUT2D eigenvalue weighted by Crippen LogP contribution is -2.24. The van der Waals surface area contributed by atoms with Gasteiger partial charge in [-0.25, -0.2) is 4.98 Å². The Morgan fingerprint density at radius 1 is 0.758 bits per heavy atom. The summed E-state index contributed by atoms with van der Waals surface area (Å²) in [5, 5.41) is 6.17. The fraction of sp³-hybridized carbons (Fsp3) is 0.444. The van der Waals surface area contributed by atoms with Gasteiger partial charge in [0, 0.05) is 28.8 Å². The van der Waals surface area contributed by atoms with Crippen LogP contribution in [0.1, 0.15) is 64.2 Å². The summed E-state index contributed by atoms with van der Waals surface area (Å²) in [4.78, 5) is 33.3. The quantitative estimate of drug-likeness (QED) is 0.433. The zero-order valence-electron chi connectivity index (χ0n) is 19.0. The van der Waals surface area contributed by atoms with Gasteiger partial charge in [-0.2, -0.15) is 0 Å². The van der Waals surface area contributed by atoms with E-state index < -0.39 is 0 Å². The van der Waals surface area contributed by atoms with Gasteiger partial charge in [0.25, 0.3) is 0 Å². The van der Waals surface area contributed by atoms with Crippen LogP contribution in [0.5, 0.6) is 0 Å². The lowest BCUT2D eigenvalue weighted by molar-refractivity contribution is -0.121. The van der Waals surface area contributed by atoms with Gasteiger partial charge in [0.15, 0.2) is 0 Å². The summed E-state index contributed by atoms with van der Waals surface area (Å²) in [5.74, 6) is 1.23. The zero-order valence-corrected chi connectivity index (χ0v) is 19.0. The molecule has 3 N–H and O–H groups in total. The molecule has 0 unspecified atom stereocenters. The fourth-order valence-electron chi connectivity index (χ4n) is 5.19. The number of H-pyrrole nitrogens is 1. The molecule has 172 valence electrons. The second-order valence-corrected chi connectivity index (χ2v) is 9.55. The predicted octanol–water partition coefficient (Wildman–Crippen LogP) is 6.27. The molecule has 0 atom stereocenters. The molecule has 2 amide bonds. The van der Waals surface area contributed by atoms with Crippen molar-refractivity contribution in [3.05, 3.63) is 42.5 Å². The van der Waals surface area contributed by atoms with E-state index >= 15 is 0 Å². The van der Waals surface area contributed by atoms with Crippen LogP contribution in [0.15, 0.2) is 42.5 Å². The minimum absolute atomic E-state index is 0.120. The number of anilines is 2. The minimum Gasteiger partial charge on any atom is -0.338 e. The number of imidazole rings is 1. The molecule has 6 heteroatoms. The van der Waals surface area contributed by atoms with E-state index in [9.17, 15) is 9.59 Å². The van der Waals surface area contributed by atoms with Crippen molar-refractivity contribution in [1.29, 1.82) is 0 Å². The fourth-order valence-corrected chi connectivity index (χ4v) is 5.19. The lowest BCUT2D eigenvalue weighted by Gasteiger charge is -2.20. The zero-order chi connectivity index (χ0) is 22.6. The largest absolute Gasteiger partial charge is 0.338 e. The molecule has 5 rings (SSSR count). The van der Waals surface area contributed by atoms with Crippen molar-refractivity contribution in [3.63, 3.8) is 0 Å². The molecule has 2 aliphatic carbocycles. The number of hydrogen-bond acceptors (Lipinski definition) is 3. The number of aromatic amines is 1. The molecule has 1 heterocycles. The van der Waals surface area contributed by atoms with Crippen LogP contribution in [-0.2, 0) is 9.59 Å². The van der Waals surface area contributed by atoms with Crippen LogP contribution >= 0.6 is 0 Å². The summed E-state index contributed by atoms with van der Waals surface area (Å²) >= 11 is 0. The first-order valence-corrected chi connectivity index (χ1v) is 12.4. The molecule has 2 aliphatic rings. The van der Waals surface area contributed by atoms with Gasteiger partial charge in [-0.15, -0.1) is 0 Å². The van der Waals surface area contributed by atoms with Crippen molar-refractivity contribution in [1.82, 2.24) is 9.97 Å². The second kappa shape index (κ2) is 9.77. The van der Waals surface area contributed by atoms with Crippen molar-refractivity contribution in [2.45, 2.75) is 64.2 Å². The molecule has 2 saturated carbocycles. The Morgan fingerprint density at radius 2 is 1.36 bits per heavy atom. The first kappa shape index (κ1) is 21.7. The van der Waals surface area contributed by atoms with Gasteiger partial charge in [0.1, 0.15) is 5.82 Å². The molecule has 0 radical (unpaired) electrons. The van der Waals surface area contributed by atoms with Gasteiger partial charge < -0.3 is 15.6 Å². The van der Waals surface area contributed by atoms with Gasteiger partial charge in [-0.1, -0.05) is 50.7 Å². The highest BCUT2D eigenvalue weighted by atomic mass is 16.2. The third-order valence-corrected chi connectivity index (χ3v) is 7.10. The summed E-state index contributed by atoms with van der Waals surface area (Å²) in [6, 6.07) is 13.6. The molecular formula is C27H32N4O2. The summed E-state index contributed by atoms with van der Waals surface area (Å²) in [6.45, 7) is 0. The summed E-state index contributed by atoms with van der Waals surface area (Å²) in [6.07, 6.45) is 11.0. The van der Waals surface area contributed by atoms with E-state index in [4.69, 9.17) is 4.98 Å². The van der Waals surface area contributed by atoms with Crippen LogP contribution in [0.25, 0.3) is 22.4 Å². The average Bonchev–Trinajstić information content (AvgIpc) is 3.29. The second-order valence-electron chi connectivity index (χ2n) is 9.55. The molecule has 0 bridgehead atoms. The average molecular weight is 445 g/mol.